The Labute approximate surface area is 147 Å². The van der Waals surface area contributed by atoms with Crippen molar-refractivity contribution in [1.29, 1.82) is 0 Å². The van der Waals surface area contributed by atoms with Crippen molar-refractivity contribution in [3.63, 3.8) is 0 Å². The third kappa shape index (κ3) is 2.70. The highest BCUT2D eigenvalue weighted by molar-refractivity contribution is 5.86. The summed E-state index contributed by atoms with van der Waals surface area (Å²) in [5.74, 6) is 0.949. The summed E-state index contributed by atoms with van der Waals surface area (Å²) in [6.45, 7) is -0.286. The van der Waals surface area contributed by atoms with Gasteiger partial charge in [-0.05, 0) is 73.5 Å². The van der Waals surface area contributed by atoms with Gasteiger partial charge in [-0.2, -0.15) is 0 Å². The standard InChI is InChI=1S/C20H25NO4/c1-25-16-4-2-15(3-5-16)19-7-13-6-14(8-19)10-20(9-13,12-19)18(24)21-11-17(22)23/h2-5,13-14H,6-12H2,1H3,(H,21,24)(H,22,23)/t13-,14-,19?,20?/m1/s1. The minimum Gasteiger partial charge on any atom is -0.497 e. The van der Waals surface area contributed by atoms with E-state index in [0.717, 1.165) is 37.9 Å². The smallest absolute Gasteiger partial charge is 0.322 e. The first-order valence-corrected chi connectivity index (χ1v) is 9.09. The van der Waals surface area contributed by atoms with E-state index in [2.05, 4.69) is 17.4 Å². The number of carboxylic acid groups (broad SMARTS) is 1. The van der Waals surface area contributed by atoms with Crippen molar-refractivity contribution in [2.24, 2.45) is 17.3 Å². The molecule has 2 atom stereocenters. The van der Waals surface area contributed by atoms with Crippen molar-refractivity contribution in [1.82, 2.24) is 5.32 Å². The molecule has 1 amide bonds. The van der Waals surface area contributed by atoms with Gasteiger partial charge in [0.1, 0.15) is 12.3 Å². The first-order valence-electron chi connectivity index (χ1n) is 9.09. The van der Waals surface area contributed by atoms with Crippen LogP contribution in [0.3, 0.4) is 0 Å². The van der Waals surface area contributed by atoms with Crippen molar-refractivity contribution < 1.29 is 19.4 Å². The van der Waals surface area contributed by atoms with Crippen molar-refractivity contribution in [2.45, 2.75) is 43.9 Å². The molecule has 5 nitrogen and oxygen atoms in total. The lowest BCUT2D eigenvalue weighted by molar-refractivity contribution is -0.151. The van der Waals surface area contributed by atoms with Crippen LogP contribution in [0, 0.1) is 17.3 Å². The van der Waals surface area contributed by atoms with Crippen LogP contribution in [0.15, 0.2) is 24.3 Å². The molecule has 1 aromatic carbocycles. The molecule has 0 radical (unpaired) electrons. The first-order chi connectivity index (χ1) is 11.9. The van der Waals surface area contributed by atoms with E-state index in [4.69, 9.17) is 9.84 Å². The highest BCUT2D eigenvalue weighted by Gasteiger charge is 2.60. The molecule has 4 aliphatic carbocycles. The van der Waals surface area contributed by atoms with Gasteiger partial charge in [0, 0.05) is 0 Å². The molecule has 0 aliphatic heterocycles. The Balaban J connectivity index is 1.64. The van der Waals surface area contributed by atoms with Crippen LogP contribution in [0.2, 0.25) is 0 Å². The molecule has 2 N–H and O–H groups in total. The van der Waals surface area contributed by atoms with E-state index < -0.39 is 5.97 Å². The number of benzene rings is 1. The molecule has 5 rings (SSSR count). The van der Waals surface area contributed by atoms with Crippen LogP contribution < -0.4 is 10.1 Å². The minimum absolute atomic E-state index is 0.0525. The molecule has 0 heterocycles. The normalized spacial score (nSPS) is 35.4. The number of aliphatic carboxylic acids is 1. The van der Waals surface area contributed by atoms with E-state index in [1.165, 1.54) is 12.0 Å². The molecular formula is C20H25NO4. The van der Waals surface area contributed by atoms with Crippen LogP contribution >= 0.6 is 0 Å². The molecular weight excluding hydrogens is 318 g/mol. The Morgan fingerprint density at radius 2 is 1.80 bits per heavy atom. The minimum atomic E-state index is -0.983. The largest absolute Gasteiger partial charge is 0.497 e. The lowest BCUT2D eigenvalue weighted by Gasteiger charge is -2.61. The van der Waals surface area contributed by atoms with E-state index >= 15 is 0 Å². The Bertz CT molecular complexity index is 682. The predicted octanol–water partition coefficient (Wildman–Crippen LogP) is 2.73. The van der Waals surface area contributed by atoms with E-state index in [-0.39, 0.29) is 23.3 Å². The molecule has 4 bridgehead atoms. The summed E-state index contributed by atoms with van der Waals surface area (Å²) >= 11 is 0. The molecule has 5 heteroatoms. The lowest BCUT2D eigenvalue weighted by atomic mass is 9.42. The fourth-order valence-corrected chi connectivity index (χ4v) is 6.15. The average Bonchev–Trinajstić information content (AvgIpc) is 2.58. The predicted molar refractivity (Wildman–Crippen MR) is 92.4 cm³/mol. The number of ether oxygens (including phenoxy) is 1. The summed E-state index contributed by atoms with van der Waals surface area (Å²) in [6, 6.07) is 8.31. The number of carbonyl (C=O) groups is 2. The average molecular weight is 343 g/mol. The zero-order valence-electron chi connectivity index (χ0n) is 14.6. The summed E-state index contributed by atoms with van der Waals surface area (Å²) in [6.07, 6.45) is 6.16. The Morgan fingerprint density at radius 1 is 1.16 bits per heavy atom. The van der Waals surface area contributed by atoms with Gasteiger partial charge in [-0.3, -0.25) is 9.59 Å². The molecule has 25 heavy (non-hydrogen) atoms. The number of hydrogen-bond donors (Lipinski definition) is 2. The topological polar surface area (TPSA) is 75.6 Å². The van der Waals surface area contributed by atoms with Crippen LogP contribution in [0.25, 0.3) is 0 Å². The molecule has 0 unspecified atom stereocenters. The zero-order chi connectivity index (χ0) is 17.7. The number of amides is 1. The second kappa shape index (κ2) is 5.75. The van der Waals surface area contributed by atoms with E-state index in [1.54, 1.807) is 7.11 Å². The number of carbonyl (C=O) groups excluding carboxylic acids is 1. The van der Waals surface area contributed by atoms with Gasteiger partial charge in [-0.15, -0.1) is 0 Å². The quantitative estimate of drug-likeness (QED) is 0.862. The van der Waals surface area contributed by atoms with Gasteiger partial charge in [-0.1, -0.05) is 12.1 Å². The van der Waals surface area contributed by atoms with Gasteiger partial charge < -0.3 is 15.2 Å². The Kier molecular flexibility index (Phi) is 3.78. The number of nitrogens with one attached hydrogen (secondary N) is 1. The second-order valence-corrected chi connectivity index (χ2v) is 8.33. The number of hydrogen-bond acceptors (Lipinski definition) is 3. The molecule has 4 fully saturated rings. The number of carboxylic acids is 1. The highest BCUT2D eigenvalue weighted by Crippen LogP contribution is 2.65. The lowest BCUT2D eigenvalue weighted by Crippen LogP contribution is -2.59. The van der Waals surface area contributed by atoms with Crippen molar-refractivity contribution >= 4 is 11.9 Å². The number of methoxy groups -OCH3 is 1. The summed E-state index contributed by atoms with van der Waals surface area (Å²) in [5.41, 5.74) is 0.967. The molecule has 4 aliphatic rings. The van der Waals surface area contributed by atoms with Gasteiger partial charge in [0.05, 0.1) is 12.5 Å². The zero-order valence-corrected chi connectivity index (χ0v) is 14.6. The Hall–Kier alpha value is -2.04. The van der Waals surface area contributed by atoms with Gasteiger partial charge in [-0.25, -0.2) is 0 Å². The Morgan fingerprint density at radius 3 is 2.36 bits per heavy atom. The van der Waals surface area contributed by atoms with Crippen molar-refractivity contribution in [3.05, 3.63) is 29.8 Å². The SMILES string of the molecule is COc1ccc(C23C[C@H]4C[C@@H](CC(C(=O)NCC(=O)O)(C4)C2)C3)cc1. The van der Waals surface area contributed by atoms with Crippen LogP contribution in [0.5, 0.6) is 5.75 Å². The van der Waals surface area contributed by atoms with E-state index in [1.807, 2.05) is 12.1 Å². The third-order valence-corrected chi connectivity index (χ3v) is 6.65. The van der Waals surface area contributed by atoms with Gasteiger partial charge in [0.15, 0.2) is 0 Å². The maximum absolute atomic E-state index is 12.9. The first kappa shape index (κ1) is 16.4. The van der Waals surface area contributed by atoms with Crippen molar-refractivity contribution in [3.8, 4) is 5.75 Å². The van der Waals surface area contributed by atoms with Crippen LogP contribution in [0.4, 0.5) is 0 Å². The van der Waals surface area contributed by atoms with Crippen LogP contribution in [-0.4, -0.2) is 30.6 Å². The van der Waals surface area contributed by atoms with Gasteiger partial charge in [0.2, 0.25) is 5.91 Å². The monoisotopic (exact) mass is 343 g/mol. The molecule has 0 saturated heterocycles. The van der Waals surface area contributed by atoms with Crippen LogP contribution in [0.1, 0.15) is 44.1 Å². The van der Waals surface area contributed by atoms with Gasteiger partial charge in [0.25, 0.3) is 0 Å². The summed E-state index contributed by atoms with van der Waals surface area (Å²) in [4.78, 5) is 23.7. The highest BCUT2D eigenvalue weighted by atomic mass is 16.5. The van der Waals surface area contributed by atoms with Crippen LogP contribution in [-0.2, 0) is 15.0 Å². The molecule has 0 spiro atoms. The van der Waals surface area contributed by atoms with Gasteiger partial charge >= 0.3 is 5.97 Å². The summed E-state index contributed by atoms with van der Waals surface area (Å²) in [7, 11) is 1.67. The second-order valence-electron chi connectivity index (χ2n) is 8.33. The maximum atomic E-state index is 12.9. The maximum Gasteiger partial charge on any atom is 0.322 e. The summed E-state index contributed by atoms with van der Waals surface area (Å²) in [5, 5.41) is 11.6. The third-order valence-electron chi connectivity index (χ3n) is 6.65. The molecule has 0 aromatic heterocycles. The summed E-state index contributed by atoms with van der Waals surface area (Å²) < 4.78 is 5.28. The van der Waals surface area contributed by atoms with E-state index in [9.17, 15) is 9.59 Å². The fraction of sp³-hybridized carbons (Fsp3) is 0.600. The van der Waals surface area contributed by atoms with E-state index in [0.29, 0.717) is 11.8 Å². The molecule has 134 valence electrons. The molecule has 1 aromatic rings. The fourth-order valence-electron chi connectivity index (χ4n) is 6.15. The van der Waals surface area contributed by atoms with Crippen molar-refractivity contribution in [2.75, 3.05) is 13.7 Å². The number of rotatable bonds is 5. The molecule has 4 saturated carbocycles.